The molecular weight excluding hydrogens is 386 g/mol. The molecule has 1 atom stereocenters. The number of nitrogens with two attached hydrogens (primary N) is 1. The molecule has 3 rings (SSSR count). The first-order valence-corrected chi connectivity index (χ1v) is 9.86. The fraction of sp³-hybridized carbons (Fsp3) is 0.474. The van der Waals surface area contributed by atoms with Crippen molar-refractivity contribution < 1.29 is 14.0 Å². The van der Waals surface area contributed by atoms with Crippen LogP contribution in [0.1, 0.15) is 57.9 Å². The monoisotopic (exact) mass is 411 g/mol. The Kier molecular flexibility index (Phi) is 7.89. The second kappa shape index (κ2) is 9.92. The average Bonchev–Trinajstić information content (AvgIpc) is 3.30. The molecule has 1 saturated carbocycles. The highest BCUT2D eigenvalue weighted by atomic mass is 35.5. The third kappa shape index (κ3) is 5.34. The number of hydrogen-bond acceptors (Lipinski definition) is 5. The molecule has 1 aliphatic rings. The summed E-state index contributed by atoms with van der Waals surface area (Å²) in [6, 6.07) is 5.06. The van der Waals surface area contributed by atoms with Gasteiger partial charge in [0, 0.05) is 12.6 Å². The lowest BCUT2D eigenvalue weighted by Gasteiger charge is -2.30. The predicted octanol–water partition coefficient (Wildman–Crippen LogP) is 3.96. The molecule has 0 radical (unpaired) electrons. The molecule has 8 heteroatoms. The maximum Gasteiger partial charge on any atom is 0.291 e. The number of anilines is 1. The lowest BCUT2D eigenvalue weighted by Crippen LogP contribution is -2.45. The van der Waals surface area contributed by atoms with E-state index in [1.807, 2.05) is 6.92 Å². The molecule has 4 N–H and O–H groups in total. The first-order valence-electron chi connectivity index (χ1n) is 9.04. The molecule has 0 bridgehead atoms. The van der Waals surface area contributed by atoms with Crippen LogP contribution in [-0.4, -0.2) is 24.4 Å². The van der Waals surface area contributed by atoms with E-state index in [0.717, 1.165) is 18.4 Å². The van der Waals surface area contributed by atoms with Gasteiger partial charge in [0.1, 0.15) is 0 Å². The topological polar surface area (TPSA) is 97.4 Å². The molecule has 2 aromatic heterocycles. The van der Waals surface area contributed by atoms with Gasteiger partial charge in [-0.2, -0.15) is 0 Å². The van der Waals surface area contributed by atoms with Crippen molar-refractivity contribution in [1.82, 2.24) is 5.32 Å². The predicted molar refractivity (Wildman–Crippen MR) is 110 cm³/mol. The van der Waals surface area contributed by atoms with Crippen LogP contribution in [0, 0.1) is 12.8 Å². The molecule has 6 nitrogen and oxygen atoms in total. The van der Waals surface area contributed by atoms with Gasteiger partial charge >= 0.3 is 0 Å². The fourth-order valence-corrected chi connectivity index (χ4v) is 4.46. The van der Waals surface area contributed by atoms with Gasteiger partial charge in [-0.15, -0.1) is 23.7 Å². The van der Waals surface area contributed by atoms with Crippen molar-refractivity contribution >= 4 is 40.6 Å². The van der Waals surface area contributed by atoms with Crippen molar-refractivity contribution in [3.63, 3.8) is 0 Å². The standard InChI is InChI=1S/C19H25N3O3S.ClH/c1-12-10-16(22-18(23)15-8-5-9-25-15)26-17(12)19(24)21-14(11-20)13-6-3-2-4-7-13;/h5,8-10,13-14H,2-4,6-7,11,20H2,1H3,(H,21,24)(H,22,23);1H. The van der Waals surface area contributed by atoms with Crippen molar-refractivity contribution in [3.8, 4) is 0 Å². The molecule has 1 unspecified atom stereocenters. The Balaban J connectivity index is 0.00000261. The normalized spacial score (nSPS) is 15.6. The summed E-state index contributed by atoms with van der Waals surface area (Å²) in [7, 11) is 0. The van der Waals surface area contributed by atoms with Crippen LogP contribution >= 0.6 is 23.7 Å². The number of amides is 2. The SMILES string of the molecule is Cc1cc(NC(=O)c2ccco2)sc1C(=O)NC(CN)C1CCCCC1.Cl. The number of halogens is 1. The van der Waals surface area contributed by atoms with E-state index >= 15 is 0 Å². The molecule has 148 valence electrons. The molecule has 2 heterocycles. The van der Waals surface area contributed by atoms with Crippen LogP contribution in [0.2, 0.25) is 0 Å². The van der Waals surface area contributed by atoms with Crippen molar-refractivity contribution in [2.45, 2.75) is 45.1 Å². The summed E-state index contributed by atoms with van der Waals surface area (Å²) in [5.74, 6) is 0.246. The molecule has 1 fully saturated rings. The van der Waals surface area contributed by atoms with E-state index in [1.165, 1.54) is 36.9 Å². The summed E-state index contributed by atoms with van der Waals surface area (Å²) in [5.41, 5.74) is 6.75. The maximum atomic E-state index is 12.7. The van der Waals surface area contributed by atoms with E-state index in [1.54, 1.807) is 18.2 Å². The van der Waals surface area contributed by atoms with Gasteiger partial charge in [-0.1, -0.05) is 19.3 Å². The van der Waals surface area contributed by atoms with E-state index < -0.39 is 0 Å². The van der Waals surface area contributed by atoms with Crippen LogP contribution in [0.3, 0.4) is 0 Å². The van der Waals surface area contributed by atoms with E-state index in [4.69, 9.17) is 10.2 Å². The van der Waals surface area contributed by atoms with Crippen LogP contribution in [0.4, 0.5) is 5.00 Å². The second-order valence-corrected chi connectivity index (χ2v) is 7.82. The Labute approximate surface area is 169 Å². The van der Waals surface area contributed by atoms with Crippen LogP contribution in [0.25, 0.3) is 0 Å². The summed E-state index contributed by atoms with van der Waals surface area (Å²) < 4.78 is 5.09. The highest BCUT2D eigenvalue weighted by molar-refractivity contribution is 7.18. The van der Waals surface area contributed by atoms with Crippen LogP contribution in [-0.2, 0) is 0 Å². The minimum atomic E-state index is -0.328. The minimum absolute atomic E-state index is 0. The number of aryl methyl sites for hydroxylation is 1. The highest BCUT2D eigenvalue weighted by Crippen LogP contribution is 2.29. The van der Waals surface area contributed by atoms with Crippen LogP contribution in [0.15, 0.2) is 28.9 Å². The van der Waals surface area contributed by atoms with Crippen LogP contribution < -0.4 is 16.4 Å². The Hall–Kier alpha value is -1.83. The smallest absolute Gasteiger partial charge is 0.291 e. The third-order valence-electron chi connectivity index (χ3n) is 4.89. The number of furan rings is 1. The van der Waals surface area contributed by atoms with Gasteiger partial charge in [-0.25, -0.2) is 0 Å². The number of hydrogen-bond donors (Lipinski definition) is 3. The molecule has 2 amide bonds. The summed E-state index contributed by atoms with van der Waals surface area (Å²) in [6.07, 6.45) is 7.37. The number of rotatable bonds is 6. The summed E-state index contributed by atoms with van der Waals surface area (Å²) in [4.78, 5) is 25.4. The molecular formula is C19H26ClN3O3S. The molecule has 27 heavy (non-hydrogen) atoms. The van der Waals surface area contributed by atoms with Crippen molar-refractivity contribution in [2.24, 2.45) is 11.7 Å². The first-order chi connectivity index (χ1) is 12.6. The zero-order chi connectivity index (χ0) is 18.5. The number of thiophene rings is 1. The minimum Gasteiger partial charge on any atom is -0.459 e. The largest absolute Gasteiger partial charge is 0.459 e. The summed E-state index contributed by atoms with van der Waals surface area (Å²) in [6.45, 7) is 2.31. The second-order valence-electron chi connectivity index (χ2n) is 6.77. The van der Waals surface area contributed by atoms with E-state index in [2.05, 4.69) is 10.6 Å². The third-order valence-corrected chi connectivity index (χ3v) is 6.05. The van der Waals surface area contributed by atoms with Gasteiger partial charge in [0.05, 0.1) is 16.1 Å². The molecule has 0 spiro atoms. The lowest BCUT2D eigenvalue weighted by molar-refractivity contribution is 0.0918. The molecule has 0 aliphatic heterocycles. The van der Waals surface area contributed by atoms with E-state index in [9.17, 15) is 9.59 Å². The van der Waals surface area contributed by atoms with Gasteiger partial charge in [-0.3, -0.25) is 9.59 Å². The first kappa shape index (κ1) is 21.5. The number of carbonyl (C=O) groups is 2. The van der Waals surface area contributed by atoms with Gasteiger partial charge in [0.15, 0.2) is 5.76 Å². The Bertz CT molecular complexity index is 754. The summed E-state index contributed by atoms with van der Waals surface area (Å²) in [5, 5.41) is 6.50. The highest BCUT2D eigenvalue weighted by Gasteiger charge is 2.25. The van der Waals surface area contributed by atoms with Gasteiger partial charge in [0.25, 0.3) is 11.8 Å². The Morgan fingerprint density at radius 2 is 2.04 bits per heavy atom. The zero-order valence-electron chi connectivity index (χ0n) is 15.3. The van der Waals surface area contributed by atoms with E-state index in [0.29, 0.717) is 22.3 Å². The van der Waals surface area contributed by atoms with Gasteiger partial charge < -0.3 is 20.8 Å². The maximum absolute atomic E-state index is 12.7. The molecule has 0 saturated heterocycles. The fourth-order valence-electron chi connectivity index (χ4n) is 3.49. The van der Waals surface area contributed by atoms with E-state index in [-0.39, 0.29) is 36.0 Å². The lowest BCUT2D eigenvalue weighted by atomic mass is 9.84. The van der Waals surface area contributed by atoms with Crippen molar-refractivity contribution in [2.75, 3.05) is 11.9 Å². The van der Waals surface area contributed by atoms with Crippen molar-refractivity contribution in [3.05, 3.63) is 40.7 Å². The van der Waals surface area contributed by atoms with Gasteiger partial charge in [-0.05, 0) is 49.4 Å². The quantitative estimate of drug-likeness (QED) is 0.670. The Morgan fingerprint density at radius 3 is 2.67 bits per heavy atom. The molecule has 1 aliphatic carbocycles. The molecule has 2 aromatic rings. The van der Waals surface area contributed by atoms with Gasteiger partial charge in [0.2, 0.25) is 0 Å². The average molecular weight is 412 g/mol. The summed E-state index contributed by atoms with van der Waals surface area (Å²) >= 11 is 1.27. The zero-order valence-corrected chi connectivity index (χ0v) is 17.0. The Morgan fingerprint density at radius 1 is 1.30 bits per heavy atom. The number of nitrogens with one attached hydrogen (secondary N) is 2. The van der Waals surface area contributed by atoms with Crippen LogP contribution in [0.5, 0.6) is 0 Å². The number of carbonyl (C=O) groups excluding carboxylic acids is 2. The molecule has 0 aromatic carbocycles. The van der Waals surface area contributed by atoms with Crippen molar-refractivity contribution in [1.29, 1.82) is 0 Å².